The molecule has 5 heteroatoms. The number of para-hydroxylation sites is 1. The number of aryl methyl sites for hydroxylation is 1. The van der Waals surface area contributed by atoms with Crippen LogP contribution >= 0.6 is 0 Å². The first-order valence-corrected chi connectivity index (χ1v) is 6.66. The van der Waals surface area contributed by atoms with Crippen LogP contribution in [0.15, 0.2) is 35.0 Å². The third-order valence-electron chi connectivity index (χ3n) is 3.24. The summed E-state index contributed by atoms with van der Waals surface area (Å²) in [6, 6.07) is 7.64. The molecule has 0 aliphatic carbocycles. The molecule has 2 heterocycles. The second-order valence-corrected chi connectivity index (χ2v) is 4.70. The van der Waals surface area contributed by atoms with E-state index in [0.717, 1.165) is 35.9 Å². The Labute approximate surface area is 116 Å². The predicted molar refractivity (Wildman–Crippen MR) is 74.7 cm³/mol. The first kappa shape index (κ1) is 12.6. The van der Waals surface area contributed by atoms with Crippen LogP contribution in [0.4, 0.5) is 0 Å². The number of benzene rings is 1. The summed E-state index contributed by atoms with van der Waals surface area (Å²) in [7, 11) is 0. The van der Waals surface area contributed by atoms with Gasteiger partial charge in [-0.05, 0) is 18.6 Å². The number of nitrogens with zero attached hydrogens (tertiary/aromatic N) is 3. The topological polar surface area (TPSA) is 60.9 Å². The van der Waals surface area contributed by atoms with Gasteiger partial charge in [0.05, 0.1) is 5.52 Å². The fourth-order valence-electron chi connectivity index (χ4n) is 2.34. The molecular formula is C15H15N3O2. The van der Waals surface area contributed by atoms with Gasteiger partial charge in [-0.1, -0.05) is 24.2 Å². The number of hydrogen-bond donors (Lipinski definition) is 0. The van der Waals surface area contributed by atoms with Crippen molar-refractivity contribution in [1.82, 2.24) is 14.7 Å². The molecule has 0 fully saturated rings. The van der Waals surface area contributed by atoms with Gasteiger partial charge in [-0.2, -0.15) is 4.98 Å². The summed E-state index contributed by atoms with van der Waals surface area (Å²) < 4.78 is 7.20. The first-order chi connectivity index (χ1) is 9.81. The molecule has 3 aromatic rings. The Balaban J connectivity index is 1.95. The number of fused-ring (bicyclic) bond motifs is 1. The molecule has 3 rings (SSSR count). The van der Waals surface area contributed by atoms with Gasteiger partial charge in [0.2, 0.25) is 5.89 Å². The fourth-order valence-corrected chi connectivity index (χ4v) is 2.34. The number of carbonyl (C=O) groups excluding carboxylic acids is 1. The van der Waals surface area contributed by atoms with Gasteiger partial charge < -0.3 is 9.09 Å². The fraction of sp³-hybridized carbons (Fsp3) is 0.267. The highest BCUT2D eigenvalue weighted by Gasteiger charge is 2.10. The minimum absolute atomic E-state index is 0.477. The van der Waals surface area contributed by atoms with Gasteiger partial charge in [0.1, 0.15) is 6.54 Å². The molecule has 0 unspecified atom stereocenters. The van der Waals surface area contributed by atoms with Crippen molar-refractivity contribution in [2.24, 2.45) is 0 Å². The maximum Gasteiger partial charge on any atom is 0.246 e. The summed E-state index contributed by atoms with van der Waals surface area (Å²) >= 11 is 0. The van der Waals surface area contributed by atoms with Crippen molar-refractivity contribution < 1.29 is 9.32 Å². The van der Waals surface area contributed by atoms with Crippen molar-refractivity contribution in [3.63, 3.8) is 0 Å². The molecule has 0 N–H and O–H groups in total. The van der Waals surface area contributed by atoms with Gasteiger partial charge in [-0.3, -0.25) is 4.79 Å². The van der Waals surface area contributed by atoms with Crippen LogP contribution in [-0.2, 0) is 13.0 Å². The second-order valence-electron chi connectivity index (χ2n) is 4.70. The van der Waals surface area contributed by atoms with Crippen molar-refractivity contribution in [2.75, 3.05) is 0 Å². The van der Waals surface area contributed by atoms with Gasteiger partial charge in [-0.15, -0.1) is 0 Å². The number of aromatic nitrogens is 3. The Bertz CT molecular complexity index is 742. The van der Waals surface area contributed by atoms with Crippen molar-refractivity contribution in [3.05, 3.63) is 47.7 Å². The van der Waals surface area contributed by atoms with E-state index in [-0.39, 0.29) is 0 Å². The lowest BCUT2D eigenvalue weighted by atomic mass is 10.1. The average molecular weight is 269 g/mol. The standard InChI is InChI=1S/C15H15N3O2/c1-2-4-13-16-14(20-17-13)9-18-8-7-11-5-3-6-12(10-19)15(11)18/h3,5-8,10H,2,4,9H2,1H3. The van der Waals surface area contributed by atoms with Crippen LogP contribution in [0.25, 0.3) is 10.9 Å². The zero-order valence-corrected chi connectivity index (χ0v) is 11.2. The quantitative estimate of drug-likeness (QED) is 0.668. The molecule has 0 aliphatic heterocycles. The number of carbonyl (C=O) groups is 1. The minimum Gasteiger partial charge on any atom is -0.337 e. The molecule has 102 valence electrons. The van der Waals surface area contributed by atoms with E-state index in [0.29, 0.717) is 18.0 Å². The second kappa shape index (κ2) is 5.28. The first-order valence-electron chi connectivity index (χ1n) is 6.66. The van der Waals surface area contributed by atoms with E-state index in [1.165, 1.54) is 0 Å². The van der Waals surface area contributed by atoms with Crippen molar-refractivity contribution in [3.8, 4) is 0 Å². The average Bonchev–Trinajstić information content (AvgIpc) is 3.07. The summed E-state index contributed by atoms with van der Waals surface area (Å²) in [5.41, 5.74) is 1.57. The van der Waals surface area contributed by atoms with Crippen LogP contribution in [-0.4, -0.2) is 21.0 Å². The zero-order valence-electron chi connectivity index (χ0n) is 11.2. The number of aldehydes is 1. The third kappa shape index (κ3) is 2.22. The number of hydrogen-bond acceptors (Lipinski definition) is 4. The highest BCUT2D eigenvalue weighted by atomic mass is 16.5. The van der Waals surface area contributed by atoms with Crippen LogP contribution < -0.4 is 0 Å². The molecule has 0 radical (unpaired) electrons. The van der Waals surface area contributed by atoms with E-state index < -0.39 is 0 Å². The molecule has 0 saturated carbocycles. The summed E-state index contributed by atoms with van der Waals surface area (Å²) in [5.74, 6) is 1.29. The number of rotatable bonds is 5. The molecule has 0 amide bonds. The third-order valence-corrected chi connectivity index (χ3v) is 3.24. The van der Waals surface area contributed by atoms with Gasteiger partial charge >= 0.3 is 0 Å². The molecule has 0 atom stereocenters. The Hall–Kier alpha value is -2.43. The van der Waals surface area contributed by atoms with Crippen LogP contribution in [0.5, 0.6) is 0 Å². The lowest BCUT2D eigenvalue weighted by molar-refractivity contribution is 0.112. The Morgan fingerprint density at radius 3 is 3.05 bits per heavy atom. The molecule has 1 aromatic carbocycles. The molecule has 0 aliphatic rings. The van der Waals surface area contributed by atoms with Gasteiger partial charge in [0.15, 0.2) is 12.1 Å². The van der Waals surface area contributed by atoms with Crippen LogP contribution in [0.3, 0.4) is 0 Å². The lowest BCUT2D eigenvalue weighted by Crippen LogP contribution is -2.00. The van der Waals surface area contributed by atoms with Gasteiger partial charge in [0, 0.05) is 23.6 Å². The van der Waals surface area contributed by atoms with Gasteiger partial charge in [0.25, 0.3) is 0 Å². The smallest absolute Gasteiger partial charge is 0.246 e. The molecule has 0 spiro atoms. The molecule has 0 bridgehead atoms. The van der Waals surface area contributed by atoms with Crippen molar-refractivity contribution in [1.29, 1.82) is 0 Å². The molecule has 2 aromatic heterocycles. The summed E-state index contributed by atoms with van der Waals surface area (Å²) in [6.07, 6.45) is 4.60. The van der Waals surface area contributed by atoms with Crippen LogP contribution in [0.1, 0.15) is 35.4 Å². The van der Waals surface area contributed by atoms with Gasteiger partial charge in [-0.25, -0.2) is 0 Å². The summed E-state index contributed by atoms with van der Waals surface area (Å²) in [6.45, 7) is 2.55. The van der Waals surface area contributed by atoms with Crippen molar-refractivity contribution >= 4 is 17.2 Å². The van der Waals surface area contributed by atoms with Crippen LogP contribution in [0, 0.1) is 0 Å². The van der Waals surface area contributed by atoms with E-state index in [2.05, 4.69) is 17.1 Å². The Morgan fingerprint density at radius 1 is 1.35 bits per heavy atom. The minimum atomic E-state index is 0.477. The Kier molecular flexibility index (Phi) is 3.33. The van der Waals surface area contributed by atoms with Crippen LogP contribution in [0.2, 0.25) is 0 Å². The van der Waals surface area contributed by atoms with E-state index >= 15 is 0 Å². The largest absolute Gasteiger partial charge is 0.337 e. The molecular weight excluding hydrogens is 254 g/mol. The highest BCUT2D eigenvalue weighted by molar-refractivity contribution is 5.96. The molecule has 5 nitrogen and oxygen atoms in total. The zero-order chi connectivity index (χ0) is 13.9. The normalized spacial score (nSPS) is 11.1. The molecule has 0 saturated heterocycles. The van der Waals surface area contributed by atoms with E-state index in [4.69, 9.17) is 4.52 Å². The Morgan fingerprint density at radius 2 is 2.25 bits per heavy atom. The SMILES string of the molecule is CCCc1noc(Cn2ccc3cccc(C=O)c32)n1. The predicted octanol–water partition coefficient (Wildman–Crippen LogP) is 2.84. The summed E-state index contributed by atoms with van der Waals surface area (Å²) in [5, 5.41) is 4.97. The van der Waals surface area contributed by atoms with E-state index in [1.54, 1.807) is 0 Å². The maximum atomic E-state index is 11.1. The maximum absolute atomic E-state index is 11.1. The molecule has 20 heavy (non-hydrogen) atoms. The van der Waals surface area contributed by atoms with E-state index in [1.807, 2.05) is 35.0 Å². The monoisotopic (exact) mass is 269 g/mol. The summed E-state index contributed by atoms with van der Waals surface area (Å²) in [4.78, 5) is 15.5. The van der Waals surface area contributed by atoms with Crippen molar-refractivity contribution in [2.45, 2.75) is 26.3 Å². The highest BCUT2D eigenvalue weighted by Crippen LogP contribution is 2.20. The van der Waals surface area contributed by atoms with E-state index in [9.17, 15) is 4.79 Å². The lowest BCUT2D eigenvalue weighted by Gasteiger charge is -2.03.